The first-order chi connectivity index (χ1) is 11.6. The number of halogens is 2. The Balaban J connectivity index is 2.36. The van der Waals surface area contributed by atoms with Crippen LogP contribution in [0.1, 0.15) is 24.2 Å². The lowest BCUT2D eigenvalue weighted by molar-refractivity contribution is 0.102. The molecule has 2 aromatic carbocycles. The number of hydrogen-bond acceptors (Lipinski definition) is 4. The maximum absolute atomic E-state index is 12.6. The number of carbonyl (C=O) groups is 1. The molecule has 0 saturated heterocycles. The van der Waals surface area contributed by atoms with Crippen LogP contribution in [0.2, 0.25) is 10.0 Å². The number of anilines is 1. The molecule has 0 radical (unpaired) electrons. The summed E-state index contributed by atoms with van der Waals surface area (Å²) >= 11 is 13.5. The first-order valence-corrected chi connectivity index (χ1v) is 10.9. The zero-order chi connectivity index (χ0) is 18.8. The molecule has 8 heteroatoms. The van der Waals surface area contributed by atoms with Crippen LogP contribution >= 0.6 is 35.0 Å². The highest BCUT2D eigenvalue weighted by atomic mass is 35.5. The van der Waals surface area contributed by atoms with Gasteiger partial charge >= 0.3 is 0 Å². The largest absolute Gasteiger partial charge is 0.321 e. The molecule has 0 saturated carbocycles. The first kappa shape index (κ1) is 20.1. The quantitative estimate of drug-likeness (QED) is 0.683. The molecule has 0 aliphatic carbocycles. The van der Waals surface area contributed by atoms with E-state index in [-0.39, 0.29) is 15.5 Å². The Bertz CT molecular complexity index is 912. The van der Waals surface area contributed by atoms with Crippen molar-refractivity contribution in [1.82, 2.24) is 0 Å². The van der Waals surface area contributed by atoms with Gasteiger partial charge in [-0.05, 0) is 36.4 Å². The van der Waals surface area contributed by atoms with Crippen LogP contribution in [0.15, 0.2) is 46.2 Å². The number of benzene rings is 2. The number of sulfone groups is 1. The number of rotatable bonds is 5. The summed E-state index contributed by atoms with van der Waals surface area (Å²) in [7, 11) is -3.53. The van der Waals surface area contributed by atoms with Crippen molar-refractivity contribution in [3.63, 3.8) is 0 Å². The van der Waals surface area contributed by atoms with Crippen LogP contribution < -0.4 is 5.32 Å². The van der Waals surface area contributed by atoms with Crippen LogP contribution in [-0.4, -0.2) is 25.8 Å². The molecule has 1 N–H and O–H groups in total. The van der Waals surface area contributed by atoms with Crippen LogP contribution in [0, 0.1) is 0 Å². The number of carbonyl (C=O) groups excluding carboxylic acids is 1. The predicted molar refractivity (Wildman–Crippen MR) is 105 cm³/mol. The topological polar surface area (TPSA) is 63.2 Å². The van der Waals surface area contributed by atoms with Crippen molar-refractivity contribution in [2.45, 2.75) is 28.9 Å². The first-order valence-electron chi connectivity index (χ1n) is 7.35. The third-order valence-electron chi connectivity index (χ3n) is 3.15. The van der Waals surface area contributed by atoms with Crippen LogP contribution in [-0.2, 0) is 9.84 Å². The maximum Gasteiger partial charge on any atom is 0.255 e. The summed E-state index contributed by atoms with van der Waals surface area (Å²) in [4.78, 5) is 13.4. The third kappa shape index (κ3) is 5.38. The Morgan fingerprint density at radius 2 is 1.80 bits per heavy atom. The Labute approximate surface area is 161 Å². The monoisotopic (exact) mass is 417 g/mol. The van der Waals surface area contributed by atoms with E-state index in [1.807, 2.05) is 19.9 Å². The summed E-state index contributed by atoms with van der Waals surface area (Å²) in [6.07, 6.45) is 1.05. The smallest absolute Gasteiger partial charge is 0.255 e. The van der Waals surface area contributed by atoms with E-state index in [9.17, 15) is 13.2 Å². The molecule has 0 atom stereocenters. The Morgan fingerprint density at radius 3 is 2.40 bits per heavy atom. The molecule has 134 valence electrons. The lowest BCUT2D eigenvalue weighted by atomic mass is 10.2. The highest BCUT2D eigenvalue weighted by Gasteiger charge is 2.17. The molecular weight excluding hydrogens is 401 g/mol. The van der Waals surface area contributed by atoms with Crippen LogP contribution in [0.5, 0.6) is 0 Å². The normalized spacial score (nSPS) is 11.6. The second-order valence-corrected chi connectivity index (χ2v) is 10.1. The molecule has 0 spiro atoms. The molecule has 0 aliphatic heterocycles. The van der Waals surface area contributed by atoms with Gasteiger partial charge in [0.1, 0.15) is 0 Å². The molecule has 2 aromatic rings. The summed E-state index contributed by atoms with van der Waals surface area (Å²) in [5.74, 6) is -0.436. The number of hydrogen-bond donors (Lipinski definition) is 1. The van der Waals surface area contributed by atoms with Crippen molar-refractivity contribution in [3.05, 3.63) is 52.0 Å². The molecular formula is C17H17Cl2NO3S2. The van der Waals surface area contributed by atoms with Crippen molar-refractivity contribution >= 4 is 56.4 Å². The number of thioether (sulfide) groups is 1. The predicted octanol–water partition coefficient (Wildman–Crippen LogP) is 5.15. The molecule has 0 unspecified atom stereocenters. The standard InChI is InChI=1S/C17H17Cl2NO3S2/c1-10(2)24-15-7-5-12(18)9-14(15)20-17(21)11-4-6-13(19)16(8-11)25(3,22)23/h4-10H,1-3H3,(H,20,21). The van der Waals surface area contributed by atoms with Gasteiger partial charge in [0, 0.05) is 27.0 Å². The molecule has 2 rings (SSSR count). The van der Waals surface area contributed by atoms with Gasteiger partial charge < -0.3 is 5.32 Å². The number of amides is 1. The Kier molecular flexibility index (Phi) is 6.43. The average molecular weight is 418 g/mol. The molecule has 0 aliphatic rings. The van der Waals surface area contributed by atoms with Crippen LogP contribution in [0.4, 0.5) is 5.69 Å². The molecule has 4 nitrogen and oxygen atoms in total. The molecule has 0 fully saturated rings. The fourth-order valence-electron chi connectivity index (χ4n) is 2.08. The third-order valence-corrected chi connectivity index (χ3v) is 6.04. The Morgan fingerprint density at radius 1 is 1.12 bits per heavy atom. The minimum Gasteiger partial charge on any atom is -0.321 e. The van der Waals surface area contributed by atoms with E-state index in [2.05, 4.69) is 5.32 Å². The SMILES string of the molecule is CC(C)Sc1ccc(Cl)cc1NC(=O)c1ccc(Cl)c(S(C)(=O)=O)c1. The zero-order valence-electron chi connectivity index (χ0n) is 13.8. The van der Waals surface area contributed by atoms with E-state index >= 15 is 0 Å². The second kappa shape index (κ2) is 7.99. The van der Waals surface area contributed by atoms with Gasteiger partial charge in [-0.1, -0.05) is 37.0 Å². The van der Waals surface area contributed by atoms with E-state index < -0.39 is 15.7 Å². The van der Waals surface area contributed by atoms with Crippen molar-refractivity contribution < 1.29 is 13.2 Å². The van der Waals surface area contributed by atoms with Crippen molar-refractivity contribution in [3.8, 4) is 0 Å². The summed E-state index contributed by atoms with van der Waals surface area (Å²) in [5.41, 5.74) is 0.775. The average Bonchev–Trinajstić information content (AvgIpc) is 2.48. The van der Waals surface area contributed by atoms with Crippen molar-refractivity contribution in [2.75, 3.05) is 11.6 Å². The minimum absolute atomic E-state index is 0.0790. The van der Waals surface area contributed by atoms with Crippen LogP contribution in [0.3, 0.4) is 0 Å². The van der Waals surface area contributed by atoms with Gasteiger partial charge in [-0.3, -0.25) is 4.79 Å². The lowest BCUT2D eigenvalue weighted by Crippen LogP contribution is -2.13. The minimum atomic E-state index is -3.53. The second-order valence-electron chi connectivity index (χ2n) is 5.68. The zero-order valence-corrected chi connectivity index (χ0v) is 17.0. The molecule has 1 amide bonds. The van der Waals surface area contributed by atoms with Crippen molar-refractivity contribution in [2.24, 2.45) is 0 Å². The number of nitrogens with one attached hydrogen (secondary N) is 1. The van der Waals surface area contributed by atoms with Gasteiger partial charge in [0.05, 0.1) is 15.6 Å². The van der Waals surface area contributed by atoms with Gasteiger partial charge in [0.15, 0.2) is 9.84 Å². The van der Waals surface area contributed by atoms with Gasteiger partial charge in [-0.25, -0.2) is 8.42 Å². The highest BCUT2D eigenvalue weighted by Crippen LogP contribution is 2.33. The fourth-order valence-corrected chi connectivity index (χ4v) is 4.44. The fraction of sp³-hybridized carbons (Fsp3) is 0.235. The Hall–Kier alpha value is -1.21. The van der Waals surface area contributed by atoms with E-state index in [0.717, 1.165) is 11.2 Å². The summed E-state index contributed by atoms with van der Waals surface area (Å²) in [6.45, 7) is 4.09. The maximum atomic E-state index is 12.6. The highest BCUT2D eigenvalue weighted by molar-refractivity contribution is 8.00. The molecule has 0 heterocycles. The lowest BCUT2D eigenvalue weighted by Gasteiger charge is -2.13. The van der Waals surface area contributed by atoms with Gasteiger partial charge in [-0.2, -0.15) is 0 Å². The van der Waals surface area contributed by atoms with E-state index in [1.165, 1.54) is 18.2 Å². The molecule has 0 bridgehead atoms. The summed E-state index contributed by atoms with van der Waals surface area (Å²) in [6, 6.07) is 9.41. The molecule has 25 heavy (non-hydrogen) atoms. The van der Waals surface area contributed by atoms with E-state index in [4.69, 9.17) is 23.2 Å². The van der Waals surface area contributed by atoms with Crippen LogP contribution in [0.25, 0.3) is 0 Å². The van der Waals surface area contributed by atoms with Gasteiger partial charge in [-0.15, -0.1) is 11.8 Å². The van der Waals surface area contributed by atoms with E-state index in [0.29, 0.717) is 16.0 Å². The van der Waals surface area contributed by atoms with Gasteiger partial charge in [0.2, 0.25) is 0 Å². The van der Waals surface area contributed by atoms with Crippen molar-refractivity contribution in [1.29, 1.82) is 0 Å². The summed E-state index contributed by atoms with van der Waals surface area (Å²) < 4.78 is 23.5. The van der Waals surface area contributed by atoms with Gasteiger partial charge in [0.25, 0.3) is 5.91 Å². The van der Waals surface area contributed by atoms with E-state index in [1.54, 1.807) is 23.9 Å². The summed E-state index contributed by atoms with van der Waals surface area (Å²) in [5, 5.41) is 3.69. The molecule has 0 aromatic heterocycles.